The highest BCUT2D eigenvalue weighted by Crippen LogP contribution is 2.24. The van der Waals surface area contributed by atoms with Crippen molar-refractivity contribution in [2.75, 3.05) is 12.5 Å². The molecule has 0 saturated carbocycles. The number of hydrogen-bond donors (Lipinski definition) is 1. The van der Waals surface area contributed by atoms with E-state index < -0.39 is 11.9 Å². The van der Waals surface area contributed by atoms with Gasteiger partial charge >= 0.3 is 11.9 Å². The van der Waals surface area contributed by atoms with E-state index in [9.17, 15) is 14.7 Å². The van der Waals surface area contributed by atoms with Gasteiger partial charge in [0.15, 0.2) is 0 Å². The predicted molar refractivity (Wildman–Crippen MR) is 89.7 cm³/mol. The van der Waals surface area contributed by atoms with Gasteiger partial charge in [-0.1, -0.05) is 60.7 Å². The third kappa shape index (κ3) is 6.53. The average Bonchev–Trinajstić information content (AvgIpc) is 2.57. The fourth-order valence-corrected chi connectivity index (χ4v) is 2.05. The number of carbonyl (C=O) groups excluding carboxylic acids is 1. The van der Waals surface area contributed by atoms with Crippen LogP contribution in [-0.4, -0.2) is 29.5 Å². The van der Waals surface area contributed by atoms with E-state index in [1.165, 1.54) is 0 Å². The Morgan fingerprint density at radius 3 is 1.70 bits per heavy atom. The van der Waals surface area contributed by atoms with E-state index in [0.717, 1.165) is 11.1 Å². The molecule has 1 N–H and O–H groups in total. The van der Waals surface area contributed by atoms with Gasteiger partial charge in [-0.25, -0.2) is 0 Å². The first-order valence-corrected chi connectivity index (χ1v) is 7.67. The molecule has 2 aromatic rings. The molecule has 122 valence electrons. The maximum Gasteiger partial charge on any atom is 0.320 e. The summed E-state index contributed by atoms with van der Waals surface area (Å²) in [5.74, 6) is -1.81. The number of carbonyl (C=O) groups is 2. The lowest BCUT2D eigenvalue weighted by Gasteiger charge is -2.12. The highest BCUT2D eigenvalue weighted by Gasteiger charge is 2.21. The van der Waals surface area contributed by atoms with Crippen LogP contribution in [0.5, 0.6) is 0 Å². The second-order valence-electron chi connectivity index (χ2n) is 4.53. The van der Waals surface area contributed by atoms with Crippen molar-refractivity contribution in [3.8, 4) is 0 Å². The lowest BCUT2D eigenvalue weighted by molar-refractivity contribution is -0.140. The standard InChI is InChI=1S/C14H12O2.C4H7ClO2/c15-14(16)13(11-7-3-1-4-8-11)12-9-5-2-6-10-12;1-2-7-4(6)3-5/h1-10,13H,(H,15,16);2-3H2,1H3. The molecule has 0 fully saturated rings. The van der Waals surface area contributed by atoms with Crippen LogP contribution >= 0.6 is 11.6 Å². The molecule has 0 atom stereocenters. The summed E-state index contributed by atoms with van der Waals surface area (Å²) in [5.41, 5.74) is 1.61. The molecule has 0 spiro atoms. The maximum absolute atomic E-state index is 11.3. The molecule has 0 aliphatic rings. The molecular weight excluding hydrogens is 316 g/mol. The predicted octanol–water partition coefficient (Wildman–Crippen LogP) is 3.69. The number of halogens is 1. The van der Waals surface area contributed by atoms with Crippen molar-refractivity contribution < 1.29 is 19.4 Å². The number of esters is 1. The minimum Gasteiger partial charge on any atom is -0.481 e. The van der Waals surface area contributed by atoms with Crippen LogP contribution in [0.4, 0.5) is 0 Å². The molecule has 0 aliphatic carbocycles. The van der Waals surface area contributed by atoms with E-state index in [1.54, 1.807) is 6.92 Å². The molecule has 2 rings (SSSR count). The fourth-order valence-electron chi connectivity index (χ4n) is 1.97. The Hall–Kier alpha value is -2.33. The van der Waals surface area contributed by atoms with Crippen molar-refractivity contribution in [2.24, 2.45) is 0 Å². The van der Waals surface area contributed by atoms with Crippen LogP contribution in [-0.2, 0) is 14.3 Å². The van der Waals surface area contributed by atoms with Gasteiger partial charge in [0, 0.05) is 0 Å². The summed E-state index contributed by atoms with van der Waals surface area (Å²) in [5, 5.41) is 9.28. The molecule has 0 aromatic heterocycles. The minimum absolute atomic E-state index is 0.0478. The van der Waals surface area contributed by atoms with Gasteiger partial charge in [-0.15, -0.1) is 11.6 Å². The van der Waals surface area contributed by atoms with Crippen LogP contribution in [0.1, 0.15) is 24.0 Å². The maximum atomic E-state index is 11.3. The summed E-state index contributed by atoms with van der Waals surface area (Å²) < 4.78 is 4.42. The molecule has 0 heterocycles. The Labute approximate surface area is 140 Å². The molecule has 0 unspecified atom stereocenters. The zero-order chi connectivity index (χ0) is 17.1. The molecule has 0 amide bonds. The summed E-state index contributed by atoms with van der Waals surface area (Å²) in [6.07, 6.45) is 0. The number of ether oxygens (including phenoxy) is 1. The van der Waals surface area contributed by atoms with Crippen molar-refractivity contribution in [3.63, 3.8) is 0 Å². The van der Waals surface area contributed by atoms with Gasteiger partial charge < -0.3 is 9.84 Å². The van der Waals surface area contributed by atoms with Gasteiger partial charge in [-0.2, -0.15) is 0 Å². The van der Waals surface area contributed by atoms with E-state index >= 15 is 0 Å². The fraction of sp³-hybridized carbons (Fsp3) is 0.222. The Kier molecular flexibility index (Phi) is 8.47. The summed E-state index contributed by atoms with van der Waals surface area (Å²) in [6, 6.07) is 18.5. The first-order valence-electron chi connectivity index (χ1n) is 7.14. The van der Waals surface area contributed by atoms with Crippen molar-refractivity contribution in [1.82, 2.24) is 0 Å². The van der Waals surface area contributed by atoms with Crippen LogP contribution in [0, 0.1) is 0 Å². The van der Waals surface area contributed by atoms with Crippen molar-refractivity contribution in [1.29, 1.82) is 0 Å². The molecule has 0 bridgehead atoms. The Morgan fingerprint density at radius 2 is 1.43 bits per heavy atom. The van der Waals surface area contributed by atoms with Crippen LogP contribution < -0.4 is 0 Å². The molecular formula is C18H19ClO4. The molecule has 0 saturated heterocycles. The quantitative estimate of drug-likeness (QED) is 0.669. The molecule has 4 nitrogen and oxygen atoms in total. The van der Waals surface area contributed by atoms with Gasteiger partial charge in [0.2, 0.25) is 0 Å². The van der Waals surface area contributed by atoms with Crippen LogP contribution in [0.3, 0.4) is 0 Å². The van der Waals surface area contributed by atoms with Crippen LogP contribution in [0.15, 0.2) is 60.7 Å². The zero-order valence-corrected chi connectivity index (χ0v) is 13.6. The number of hydrogen-bond acceptors (Lipinski definition) is 3. The molecule has 2 aromatic carbocycles. The van der Waals surface area contributed by atoms with E-state index in [4.69, 9.17) is 11.6 Å². The third-order valence-electron chi connectivity index (χ3n) is 2.93. The number of benzene rings is 2. The van der Waals surface area contributed by atoms with E-state index in [2.05, 4.69) is 4.74 Å². The summed E-state index contributed by atoms with van der Waals surface area (Å²) in [7, 11) is 0. The first-order chi connectivity index (χ1) is 11.1. The van der Waals surface area contributed by atoms with Gasteiger partial charge in [-0.05, 0) is 18.1 Å². The second-order valence-corrected chi connectivity index (χ2v) is 4.80. The van der Waals surface area contributed by atoms with Gasteiger partial charge in [0.1, 0.15) is 11.8 Å². The lowest BCUT2D eigenvalue weighted by Crippen LogP contribution is -2.12. The molecule has 0 aliphatic heterocycles. The van der Waals surface area contributed by atoms with Crippen LogP contribution in [0.2, 0.25) is 0 Å². The second kappa shape index (κ2) is 10.4. The molecule has 5 heteroatoms. The van der Waals surface area contributed by atoms with Crippen molar-refractivity contribution in [3.05, 3.63) is 71.8 Å². The SMILES string of the molecule is CCOC(=O)CCl.O=C(O)C(c1ccccc1)c1ccccc1. The van der Waals surface area contributed by atoms with Crippen molar-refractivity contribution >= 4 is 23.5 Å². The smallest absolute Gasteiger partial charge is 0.320 e. The molecule has 0 radical (unpaired) electrons. The summed E-state index contributed by atoms with van der Waals surface area (Å²) in [4.78, 5) is 21.4. The first kappa shape index (κ1) is 18.7. The average molecular weight is 335 g/mol. The number of carboxylic acid groups (broad SMARTS) is 1. The summed E-state index contributed by atoms with van der Waals surface area (Å²) in [6.45, 7) is 2.15. The zero-order valence-electron chi connectivity index (χ0n) is 12.8. The Morgan fingerprint density at radius 1 is 1.00 bits per heavy atom. The number of alkyl halides is 1. The highest BCUT2D eigenvalue weighted by atomic mass is 35.5. The lowest BCUT2D eigenvalue weighted by atomic mass is 9.92. The monoisotopic (exact) mass is 334 g/mol. The highest BCUT2D eigenvalue weighted by molar-refractivity contribution is 6.26. The largest absolute Gasteiger partial charge is 0.481 e. The number of carboxylic acids is 1. The topological polar surface area (TPSA) is 63.6 Å². The van der Waals surface area contributed by atoms with Gasteiger partial charge in [0.25, 0.3) is 0 Å². The minimum atomic E-state index is -0.822. The van der Waals surface area contributed by atoms with E-state index in [0.29, 0.717) is 6.61 Å². The molecule has 23 heavy (non-hydrogen) atoms. The Bertz CT molecular complexity index is 559. The van der Waals surface area contributed by atoms with Crippen molar-refractivity contribution in [2.45, 2.75) is 12.8 Å². The number of aliphatic carboxylic acids is 1. The normalized spacial score (nSPS) is 9.70. The van der Waals surface area contributed by atoms with E-state index in [-0.39, 0.29) is 11.8 Å². The third-order valence-corrected chi connectivity index (χ3v) is 3.15. The van der Waals surface area contributed by atoms with Gasteiger partial charge in [-0.3, -0.25) is 9.59 Å². The number of rotatable bonds is 5. The summed E-state index contributed by atoms with van der Waals surface area (Å²) >= 11 is 5.06. The van der Waals surface area contributed by atoms with Crippen LogP contribution in [0.25, 0.3) is 0 Å². The Balaban J connectivity index is 0.000000322. The van der Waals surface area contributed by atoms with E-state index in [1.807, 2.05) is 60.7 Å². The van der Waals surface area contributed by atoms with Gasteiger partial charge in [0.05, 0.1) is 6.61 Å².